The number of carbonyl (C=O) groups excluding carboxylic acids is 1. The summed E-state index contributed by atoms with van der Waals surface area (Å²) in [6, 6.07) is 11.7. The standard InChI is InChI=1S/C25H28ClN3O2/c1-19(2)16-23(30)4-3-11-27-22-9-7-20(8-10-22)5-6-21-17-24(26)28-25(18-21)29-12-14-31-15-13-29/h7-10,16-18,27H,3-4,11-15H2,1-2H3. The van der Waals surface area contributed by atoms with E-state index in [4.69, 9.17) is 16.3 Å². The summed E-state index contributed by atoms with van der Waals surface area (Å²) in [5, 5.41) is 3.78. The molecule has 1 aromatic heterocycles. The van der Waals surface area contributed by atoms with Gasteiger partial charge in [0, 0.05) is 42.9 Å². The summed E-state index contributed by atoms with van der Waals surface area (Å²) >= 11 is 6.21. The molecule has 3 rings (SSSR count). The number of ether oxygens (including phenoxy) is 1. The topological polar surface area (TPSA) is 54.5 Å². The van der Waals surface area contributed by atoms with Crippen molar-refractivity contribution in [1.29, 1.82) is 0 Å². The van der Waals surface area contributed by atoms with Gasteiger partial charge in [-0.15, -0.1) is 0 Å². The highest BCUT2D eigenvalue weighted by Crippen LogP contribution is 2.19. The zero-order chi connectivity index (χ0) is 22.1. The van der Waals surface area contributed by atoms with Gasteiger partial charge in [-0.3, -0.25) is 4.79 Å². The monoisotopic (exact) mass is 437 g/mol. The molecule has 0 aliphatic carbocycles. The van der Waals surface area contributed by atoms with E-state index in [-0.39, 0.29) is 5.78 Å². The van der Waals surface area contributed by atoms with E-state index in [0.29, 0.717) is 24.8 Å². The molecule has 162 valence electrons. The number of hydrogen-bond acceptors (Lipinski definition) is 5. The molecule has 1 aliphatic heterocycles. The molecule has 5 nitrogen and oxygen atoms in total. The van der Waals surface area contributed by atoms with Crippen molar-refractivity contribution in [3.63, 3.8) is 0 Å². The maximum absolute atomic E-state index is 11.7. The molecular formula is C25H28ClN3O2. The molecule has 1 aromatic carbocycles. The lowest BCUT2D eigenvalue weighted by Crippen LogP contribution is -2.36. The third kappa shape index (κ3) is 7.75. The number of pyridine rings is 1. The smallest absolute Gasteiger partial charge is 0.155 e. The molecule has 31 heavy (non-hydrogen) atoms. The lowest BCUT2D eigenvalue weighted by molar-refractivity contribution is -0.114. The van der Waals surface area contributed by atoms with Gasteiger partial charge < -0.3 is 15.0 Å². The second kappa shape index (κ2) is 11.5. The van der Waals surface area contributed by atoms with Crippen molar-refractivity contribution in [2.24, 2.45) is 0 Å². The highest BCUT2D eigenvalue weighted by atomic mass is 35.5. The number of morpholine rings is 1. The number of nitrogens with one attached hydrogen (secondary N) is 1. The Morgan fingerprint density at radius 3 is 2.58 bits per heavy atom. The van der Waals surface area contributed by atoms with Gasteiger partial charge in [0.05, 0.1) is 13.2 Å². The van der Waals surface area contributed by atoms with Crippen LogP contribution >= 0.6 is 11.6 Å². The van der Waals surface area contributed by atoms with Crippen LogP contribution in [0.5, 0.6) is 0 Å². The van der Waals surface area contributed by atoms with E-state index in [9.17, 15) is 4.79 Å². The van der Waals surface area contributed by atoms with Crippen molar-refractivity contribution in [1.82, 2.24) is 4.98 Å². The molecule has 1 aliphatic rings. The molecule has 2 heterocycles. The van der Waals surface area contributed by atoms with E-state index < -0.39 is 0 Å². The zero-order valence-corrected chi connectivity index (χ0v) is 18.8. The number of anilines is 2. The Kier molecular flexibility index (Phi) is 8.52. The second-order valence-corrected chi connectivity index (χ2v) is 8.07. The normalized spacial score (nSPS) is 13.2. The summed E-state index contributed by atoms with van der Waals surface area (Å²) in [5.41, 5.74) is 3.82. The van der Waals surface area contributed by atoms with Crippen LogP contribution in [0.2, 0.25) is 5.15 Å². The highest BCUT2D eigenvalue weighted by Gasteiger charge is 2.13. The molecule has 0 unspecified atom stereocenters. The van der Waals surface area contributed by atoms with Gasteiger partial charge in [-0.2, -0.15) is 0 Å². The van der Waals surface area contributed by atoms with Crippen LogP contribution in [0.25, 0.3) is 0 Å². The summed E-state index contributed by atoms with van der Waals surface area (Å²) in [5.74, 6) is 7.39. The number of carbonyl (C=O) groups is 1. The Bertz CT molecular complexity index is 980. The van der Waals surface area contributed by atoms with E-state index in [0.717, 1.165) is 54.3 Å². The average molecular weight is 438 g/mol. The van der Waals surface area contributed by atoms with Crippen LogP contribution in [0.15, 0.2) is 48.0 Å². The van der Waals surface area contributed by atoms with Crippen molar-refractivity contribution in [2.75, 3.05) is 43.1 Å². The minimum atomic E-state index is 0.181. The van der Waals surface area contributed by atoms with Crippen LogP contribution in [-0.4, -0.2) is 43.6 Å². The summed E-state index contributed by atoms with van der Waals surface area (Å²) < 4.78 is 5.40. The first-order valence-electron chi connectivity index (χ1n) is 10.5. The lowest BCUT2D eigenvalue weighted by atomic mass is 10.1. The summed E-state index contributed by atoms with van der Waals surface area (Å²) in [6.07, 6.45) is 3.06. The minimum Gasteiger partial charge on any atom is -0.385 e. The molecule has 0 amide bonds. The van der Waals surface area contributed by atoms with Crippen LogP contribution < -0.4 is 10.2 Å². The van der Waals surface area contributed by atoms with Crippen molar-refractivity contribution >= 4 is 28.9 Å². The molecule has 0 radical (unpaired) electrons. The minimum absolute atomic E-state index is 0.181. The predicted octanol–water partition coefficient (Wildman–Crippen LogP) is 4.70. The van der Waals surface area contributed by atoms with Crippen molar-refractivity contribution < 1.29 is 9.53 Å². The van der Waals surface area contributed by atoms with Crippen molar-refractivity contribution in [2.45, 2.75) is 26.7 Å². The molecule has 6 heteroatoms. The van der Waals surface area contributed by atoms with E-state index >= 15 is 0 Å². The molecule has 0 atom stereocenters. The van der Waals surface area contributed by atoms with Gasteiger partial charge in [-0.05, 0) is 62.7 Å². The van der Waals surface area contributed by atoms with Gasteiger partial charge in [0.25, 0.3) is 0 Å². The van der Waals surface area contributed by atoms with Crippen LogP contribution in [0.4, 0.5) is 11.5 Å². The van der Waals surface area contributed by atoms with Gasteiger partial charge in [-0.1, -0.05) is 29.0 Å². The SMILES string of the molecule is CC(C)=CC(=O)CCCNc1ccc(C#Cc2cc(Cl)nc(N3CCOCC3)c2)cc1. The van der Waals surface area contributed by atoms with Crippen LogP contribution in [-0.2, 0) is 9.53 Å². The molecule has 0 saturated carbocycles. The van der Waals surface area contributed by atoms with E-state index in [1.54, 1.807) is 12.1 Å². The zero-order valence-electron chi connectivity index (χ0n) is 18.1. The number of allylic oxidation sites excluding steroid dienone is 2. The maximum atomic E-state index is 11.7. The van der Waals surface area contributed by atoms with E-state index in [1.807, 2.05) is 44.2 Å². The number of benzene rings is 1. The summed E-state index contributed by atoms with van der Waals surface area (Å²) in [7, 11) is 0. The van der Waals surface area contributed by atoms with Gasteiger partial charge in [-0.25, -0.2) is 4.98 Å². The number of hydrogen-bond donors (Lipinski definition) is 1. The Morgan fingerprint density at radius 2 is 1.87 bits per heavy atom. The van der Waals surface area contributed by atoms with Gasteiger partial charge in [0.1, 0.15) is 11.0 Å². The molecular weight excluding hydrogens is 410 g/mol. The first-order valence-corrected chi connectivity index (χ1v) is 10.9. The molecule has 2 aromatic rings. The second-order valence-electron chi connectivity index (χ2n) is 7.68. The molecule has 1 N–H and O–H groups in total. The number of halogens is 1. The van der Waals surface area contributed by atoms with Gasteiger partial charge in [0.2, 0.25) is 0 Å². The number of aromatic nitrogens is 1. The Balaban J connectivity index is 1.55. The predicted molar refractivity (Wildman–Crippen MR) is 127 cm³/mol. The van der Waals surface area contributed by atoms with Crippen molar-refractivity contribution in [3.05, 3.63) is 64.3 Å². The molecule has 0 spiro atoms. The van der Waals surface area contributed by atoms with Gasteiger partial charge in [0.15, 0.2) is 5.78 Å². The average Bonchev–Trinajstić information content (AvgIpc) is 2.76. The fourth-order valence-corrected chi connectivity index (χ4v) is 3.42. The molecule has 1 saturated heterocycles. The fourth-order valence-electron chi connectivity index (χ4n) is 3.21. The lowest BCUT2D eigenvalue weighted by Gasteiger charge is -2.27. The Hall–Kier alpha value is -2.81. The summed E-state index contributed by atoms with van der Waals surface area (Å²) in [6.45, 7) is 7.63. The Morgan fingerprint density at radius 1 is 1.16 bits per heavy atom. The quantitative estimate of drug-likeness (QED) is 0.294. The maximum Gasteiger partial charge on any atom is 0.155 e. The number of nitrogens with zero attached hydrogens (tertiary/aromatic N) is 2. The third-order valence-corrected chi connectivity index (χ3v) is 4.92. The first kappa shape index (κ1) is 22.9. The van der Waals surface area contributed by atoms with Crippen LogP contribution in [0.1, 0.15) is 37.8 Å². The van der Waals surface area contributed by atoms with Crippen LogP contribution in [0, 0.1) is 11.8 Å². The Labute approximate surface area is 189 Å². The third-order valence-electron chi connectivity index (χ3n) is 4.73. The molecule has 1 fully saturated rings. The fraction of sp³-hybridized carbons (Fsp3) is 0.360. The number of ketones is 1. The van der Waals surface area contributed by atoms with Crippen molar-refractivity contribution in [3.8, 4) is 11.8 Å². The summed E-state index contributed by atoms with van der Waals surface area (Å²) in [4.78, 5) is 18.3. The largest absolute Gasteiger partial charge is 0.385 e. The number of rotatable bonds is 7. The molecule has 0 bridgehead atoms. The first-order chi connectivity index (χ1) is 15.0. The van der Waals surface area contributed by atoms with Gasteiger partial charge >= 0.3 is 0 Å². The van der Waals surface area contributed by atoms with Crippen LogP contribution in [0.3, 0.4) is 0 Å². The highest BCUT2D eigenvalue weighted by molar-refractivity contribution is 6.29. The van der Waals surface area contributed by atoms with E-state index in [2.05, 4.69) is 27.0 Å². The van der Waals surface area contributed by atoms with E-state index in [1.165, 1.54) is 0 Å².